The third-order valence-corrected chi connectivity index (χ3v) is 4.90. The number of benzene rings is 2. The molecule has 2 aromatic rings. The maximum absolute atomic E-state index is 12.5. The average Bonchev–Trinajstić information content (AvgIpc) is 2.68. The van der Waals surface area contributed by atoms with Crippen LogP contribution < -0.4 is 4.74 Å². The van der Waals surface area contributed by atoms with Crippen molar-refractivity contribution in [2.75, 3.05) is 33.3 Å². The van der Waals surface area contributed by atoms with Crippen molar-refractivity contribution in [3.8, 4) is 5.75 Å². The highest BCUT2D eigenvalue weighted by atomic mass is 16.5. The molecule has 0 bridgehead atoms. The molecule has 0 N–H and O–H groups in total. The molecule has 4 nitrogen and oxygen atoms in total. The number of nitrogens with zero attached hydrogens (tertiary/aromatic N) is 2. The molecular formula is C22H28N2O2. The van der Waals surface area contributed by atoms with Crippen molar-refractivity contribution < 1.29 is 9.53 Å². The van der Waals surface area contributed by atoms with Gasteiger partial charge in [-0.2, -0.15) is 0 Å². The number of carbonyl (C=O) groups excluding carboxylic acids is 1. The van der Waals surface area contributed by atoms with Crippen LogP contribution in [0, 0.1) is 5.92 Å². The minimum atomic E-state index is 0.228. The van der Waals surface area contributed by atoms with Gasteiger partial charge in [0.1, 0.15) is 5.75 Å². The van der Waals surface area contributed by atoms with E-state index < -0.39 is 0 Å². The number of likely N-dealkylation sites (N-methyl/N-ethyl adjacent to an activating group) is 1. The molecule has 3 rings (SSSR count). The van der Waals surface area contributed by atoms with Crippen molar-refractivity contribution in [3.05, 3.63) is 66.2 Å². The van der Waals surface area contributed by atoms with E-state index in [9.17, 15) is 4.79 Å². The van der Waals surface area contributed by atoms with Gasteiger partial charge < -0.3 is 9.64 Å². The van der Waals surface area contributed by atoms with Crippen LogP contribution >= 0.6 is 0 Å². The third kappa shape index (κ3) is 5.60. The Morgan fingerprint density at radius 3 is 2.31 bits per heavy atom. The van der Waals surface area contributed by atoms with Crippen LogP contribution in [0.5, 0.6) is 5.75 Å². The minimum Gasteiger partial charge on any atom is -0.493 e. The van der Waals surface area contributed by atoms with Gasteiger partial charge in [-0.15, -0.1) is 0 Å². The number of amides is 1. The maximum Gasteiger partial charge on any atom is 0.236 e. The Kier molecular flexibility index (Phi) is 6.67. The summed E-state index contributed by atoms with van der Waals surface area (Å²) >= 11 is 0. The molecule has 26 heavy (non-hydrogen) atoms. The summed E-state index contributed by atoms with van der Waals surface area (Å²) < 4.78 is 5.86. The summed E-state index contributed by atoms with van der Waals surface area (Å²) in [5.41, 5.74) is 1.24. The van der Waals surface area contributed by atoms with E-state index >= 15 is 0 Å². The molecule has 0 unspecified atom stereocenters. The summed E-state index contributed by atoms with van der Waals surface area (Å²) in [7, 11) is 2.01. The number of para-hydroxylation sites is 1. The number of ether oxygens (including phenoxy) is 1. The molecule has 138 valence electrons. The first-order chi connectivity index (χ1) is 12.7. The summed E-state index contributed by atoms with van der Waals surface area (Å²) in [4.78, 5) is 16.6. The van der Waals surface area contributed by atoms with Crippen LogP contribution in [0.2, 0.25) is 0 Å². The van der Waals surface area contributed by atoms with Crippen molar-refractivity contribution >= 4 is 5.91 Å². The fourth-order valence-corrected chi connectivity index (χ4v) is 3.36. The molecule has 4 heteroatoms. The number of carbonyl (C=O) groups is 1. The van der Waals surface area contributed by atoms with Gasteiger partial charge in [0, 0.05) is 19.6 Å². The molecule has 0 saturated carbocycles. The van der Waals surface area contributed by atoms with Crippen LogP contribution in [0.15, 0.2) is 60.7 Å². The van der Waals surface area contributed by atoms with Gasteiger partial charge in [-0.3, -0.25) is 9.69 Å². The number of hydrogen-bond acceptors (Lipinski definition) is 3. The zero-order valence-corrected chi connectivity index (χ0v) is 15.5. The molecule has 0 radical (unpaired) electrons. The molecular weight excluding hydrogens is 324 g/mol. The molecule has 0 aromatic heterocycles. The van der Waals surface area contributed by atoms with Crippen LogP contribution in [-0.4, -0.2) is 49.0 Å². The third-order valence-electron chi connectivity index (χ3n) is 4.90. The van der Waals surface area contributed by atoms with E-state index in [1.54, 1.807) is 0 Å². The smallest absolute Gasteiger partial charge is 0.236 e. The Hall–Kier alpha value is -2.33. The second-order valence-electron chi connectivity index (χ2n) is 7.11. The highest BCUT2D eigenvalue weighted by Crippen LogP contribution is 2.19. The summed E-state index contributed by atoms with van der Waals surface area (Å²) in [5.74, 6) is 1.68. The van der Waals surface area contributed by atoms with Crippen molar-refractivity contribution in [1.82, 2.24) is 9.80 Å². The van der Waals surface area contributed by atoms with E-state index in [0.717, 1.165) is 44.8 Å². The Balaban J connectivity index is 1.38. The van der Waals surface area contributed by atoms with Gasteiger partial charge in [0.25, 0.3) is 0 Å². The highest BCUT2D eigenvalue weighted by Gasteiger charge is 2.23. The van der Waals surface area contributed by atoms with E-state index in [1.165, 1.54) is 5.56 Å². The lowest BCUT2D eigenvalue weighted by Crippen LogP contribution is -2.44. The lowest BCUT2D eigenvalue weighted by Gasteiger charge is -2.33. The van der Waals surface area contributed by atoms with Crippen molar-refractivity contribution in [1.29, 1.82) is 0 Å². The zero-order chi connectivity index (χ0) is 18.2. The van der Waals surface area contributed by atoms with Crippen LogP contribution in [0.1, 0.15) is 18.4 Å². The van der Waals surface area contributed by atoms with Crippen molar-refractivity contribution in [2.24, 2.45) is 5.92 Å². The Labute approximate surface area is 156 Å². The quantitative estimate of drug-likeness (QED) is 0.765. The second-order valence-corrected chi connectivity index (χ2v) is 7.11. The molecule has 0 aliphatic carbocycles. The Bertz CT molecular complexity index is 667. The maximum atomic E-state index is 12.5. The number of rotatable bonds is 7. The van der Waals surface area contributed by atoms with Gasteiger partial charge in [0.2, 0.25) is 5.91 Å². The van der Waals surface area contributed by atoms with Gasteiger partial charge in [-0.25, -0.2) is 0 Å². The average molecular weight is 352 g/mol. The normalized spacial score (nSPS) is 15.2. The van der Waals surface area contributed by atoms with Crippen LogP contribution in [0.4, 0.5) is 0 Å². The number of likely N-dealkylation sites (tertiary alicyclic amines) is 1. The fourth-order valence-electron chi connectivity index (χ4n) is 3.36. The fraction of sp³-hybridized carbons (Fsp3) is 0.409. The topological polar surface area (TPSA) is 32.8 Å². The van der Waals surface area contributed by atoms with E-state index in [2.05, 4.69) is 17.0 Å². The monoisotopic (exact) mass is 352 g/mol. The van der Waals surface area contributed by atoms with Gasteiger partial charge >= 0.3 is 0 Å². The predicted molar refractivity (Wildman–Crippen MR) is 104 cm³/mol. The molecule has 1 heterocycles. The number of hydrogen-bond donors (Lipinski definition) is 0. The summed E-state index contributed by atoms with van der Waals surface area (Å²) in [6, 6.07) is 20.2. The van der Waals surface area contributed by atoms with E-state index in [0.29, 0.717) is 12.5 Å². The molecule has 0 atom stereocenters. The molecule has 1 amide bonds. The molecule has 1 saturated heterocycles. The largest absolute Gasteiger partial charge is 0.493 e. The van der Waals surface area contributed by atoms with E-state index in [4.69, 9.17) is 4.74 Å². The molecule has 1 aliphatic heterocycles. The van der Waals surface area contributed by atoms with E-state index in [1.807, 2.05) is 60.5 Å². The summed E-state index contributed by atoms with van der Waals surface area (Å²) in [6.07, 6.45) is 2.03. The predicted octanol–water partition coefficient (Wildman–Crippen LogP) is 3.44. The van der Waals surface area contributed by atoms with Gasteiger partial charge in [-0.05, 0) is 43.5 Å². The highest BCUT2D eigenvalue weighted by molar-refractivity contribution is 5.78. The van der Waals surface area contributed by atoms with E-state index in [-0.39, 0.29) is 5.91 Å². The Morgan fingerprint density at radius 2 is 1.65 bits per heavy atom. The molecule has 1 aliphatic rings. The van der Waals surface area contributed by atoms with Gasteiger partial charge in [0.15, 0.2) is 0 Å². The van der Waals surface area contributed by atoms with Crippen molar-refractivity contribution in [3.63, 3.8) is 0 Å². The first-order valence-corrected chi connectivity index (χ1v) is 9.39. The van der Waals surface area contributed by atoms with Crippen LogP contribution in [-0.2, 0) is 11.3 Å². The first kappa shape index (κ1) is 18.5. The summed E-state index contributed by atoms with van der Waals surface area (Å²) in [5, 5.41) is 0. The lowest BCUT2D eigenvalue weighted by atomic mass is 9.97. The first-order valence-electron chi connectivity index (χ1n) is 9.39. The Morgan fingerprint density at radius 1 is 1.04 bits per heavy atom. The van der Waals surface area contributed by atoms with Crippen LogP contribution in [0.25, 0.3) is 0 Å². The van der Waals surface area contributed by atoms with Gasteiger partial charge in [0.05, 0.1) is 13.2 Å². The van der Waals surface area contributed by atoms with Crippen molar-refractivity contribution in [2.45, 2.75) is 19.4 Å². The molecule has 2 aromatic carbocycles. The minimum absolute atomic E-state index is 0.228. The molecule has 0 spiro atoms. The standard InChI is InChI=1S/C22H28N2O2/c1-23(16-19-8-4-2-5-9-19)17-22(25)24-14-12-20(13-15-24)18-26-21-10-6-3-7-11-21/h2-11,20H,12-18H2,1H3. The number of piperidine rings is 1. The summed E-state index contributed by atoms with van der Waals surface area (Å²) in [6.45, 7) is 3.68. The second kappa shape index (κ2) is 9.39. The van der Waals surface area contributed by atoms with Gasteiger partial charge in [-0.1, -0.05) is 48.5 Å². The van der Waals surface area contributed by atoms with Crippen LogP contribution in [0.3, 0.4) is 0 Å². The SMILES string of the molecule is CN(CC(=O)N1CCC(COc2ccccc2)CC1)Cc1ccccc1. The lowest BCUT2D eigenvalue weighted by molar-refractivity contribution is -0.133. The zero-order valence-electron chi connectivity index (χ0n) is 15.5. The molecule has 1 fully saturated rings.